The molecule has 0 radical (unpaired) electrons. The van der Waals surface area contributed by atoms with Gasteiger partial charge in [-0.05, 0) is 43.3 Å². The van der Waals surface area contributed by atoms with E-state index < -0.39 is 0 Å². The van der Waals surface area contributed by atoms with E-state index in [4.69, 9.17) is 4.98 Å². The van der Waals surface area contributed by atoms with E-state index in [-0.39, 0.29) is 6.03 Å². The lowest BCUT2D eigenvalue weighted by Gasteiger charge is -2.01. The summed E-state index contributed by atoms with van der Waals surface area (Å²) in [6.07, 6.45) is 0. The number of carbonyl (C=O) groups excluding carboxylic acids is 1. The van der Waals surface area contributed by atoms with Crippen LogP contribution < -0.4 is 16.0 Å². The first-order chi connectivity index (χ1) is 12.6. The number of nitrogens with zero attached hydrogens (tertiary/aromatic N) is 2. The normalized spacial score (nSPS) is 11.0. The van der Waals surface area contributed by atoms with Crippen molar-refractivity contribution in [3.63, 3.8) is 0 Å². The van der Waals surface area contributed by atoms with Crippen molar-refractivity contribution >= 4 is 81.0 Å². The number of halogens is 1. The lowest BCUT2D eigenvalue weighted by Crippen LogP contribution is -2.28. The second-order valence-electron chi connectivity index (χ2n) is 5.41. The summed E-state index contributed by atoms with van der Waals surface area (Å²) in [7, 11) is 0. The second-order valence-corrected chi connectivity index (χ2v) is 8.36. The fourth-order valence-corrected chi connectivity index (χ4v) is 4.62. The molecule has 2 heterocycles. The molecule has 2 amide bonds. The van der Waals surface area contributed by atoms with Crippen molar-refractivity contribution in [1.82, 2.24) is 15.3 Å². The van der Waals surface area contributed by atoms with E-state index in [9.17, 15) is 4.79 Å². The van der Waals surface area contributed by atoms with E-state index in [1.165, 1.54) is 11.3 Å². The van der Waals surface area contributed by atoms with Gasteiger partial charge in [-0.2, -0.15) is 0 Å². The molecule has 2 aromatic heterocycles. The second kappa shape index (κ2) is 7.18. The highest BCUT2D eigenvalue weighted by Gasteiger charge is 2.13. The van der Waals surface area contributed by atoms with Gasteiger partial charge >= 0.3 is 6.03 Å². The number of anilines is 3. The Hall–Kier alpha value is -2.23. The summed E-state index contributed by atoms with van der Waals surface area (Å²) in [6.45, 7) is 2.44. The molecule has 4 rings (SSSR count). The van der Waals surface area contributed by atoms with Crippen molar-refractivity contribution in [2.24, 2.45) is 0 Å². The number of carbonyl (C=O) groups is 1. The third kappa shape index (κ3) is 3.50. The van der Waals surface area contributed by atoms with Crippen LogP contribution in [0.4, 0.5) is 20.7 Å². The summed E-state index contributed by atoms with van der Waals surface area (Å²) >= 11 is 6.45. The minimum atomic E-state index is -0.251. The number of aromatic nitrogens is 2. The molecule has 2 aromatic carbocycles. The number of amides is 2. The number of benzene rings is 2. The van der Waals surface area contributed by atoms with Crippen LogP contribution in [-0.2, 0) is 0 Å². The first-order valence-corrected chi connectivity index (χ1v) is 10.3. The van der Waals surface area contributed by atoms with Gasteiger partial charge in [-0.1, -0.05) is 38.6 Å². The van der Waals surface area contributed by atoms with Crippen LogP contribution in [0.15, 0.2) is 40.9 Å². The van der Waals surface area contributed by atoms with Crippen LogP contribution in [0.3, 0.4) is 0 Å². The quantitative estimate of drug-likeness (QED) is 0.382. The van der Waals surface area contributed by atoms with Gasteiger partial charge in [0.2, 0.25) is 0 Å². The van der Waals surface area contributed by atoms with Gasteiger partial charge in [-0.15, -0.1) is 0 Å². The molecule has 6 nitrogen and oxygen atoms in total. The minimum absolute atomic E-state index is 0.251. The highest BCUT2D eigenvalue weighted by molar-refractivity contribution is 9.10. The van der Waals surface area contributed by atoms with E-state index in [1.54, 1.807) is 11.3 Å². The summed E-state index contributed by atoms with van der Waals surface area (Å²) in [4.78, 5) is 20.9. The monoisotopic (exact) mass is 447 g/mol. The fraction of sp³-hybridized carbons (Fsp3) is 0.118. The Morgan fingerprint density at radius 2 is 1.88 bits per heavy atom. The molecule has 0 atom stereocenters. The molecule has 26 heavy (non-hydrogen) atoms. The molecule has 0 aliphatic heterocycles. The Morgan fingerprint density at radius 1 is 1.08 bits per heavy atom. The zero-order valence-corrected chi connectivity index (χ0v) is 16.9. The van der Waals surface area contributed by atoms with Crippen molar-refractivity contribution in [1.29, 1.82) is 0 Å². The summed E-state index contributed by atoms with van der Waals surface area (Å²) in [5.74, 6) is 0. The highest BCUT2D eigenvalue weighted by Crippen LogP contribution is 2.37. The molecular weight excluding hydrogens is 434 g/mol. The smallest absolute Gasteiger partial charge is 0.321 e. The van der Waals surface area contributed by atoms with Gasteiger partial charge in [0.15, 0.2) is 10.3 Å². The Labute approximate surface area is 165 Å². The number of rotatable bonds is 4. The molecule has 0 fully saturated rings. The van der Waals surface area contributed by atoms with Crippen molar-refractivity contribution in [3.05, 3.63) is 40.9 Å². The van der Waals surface area contributed by atoms with E-state index in [0.717, 1.165) is 35.7 Å². The van der Waals surface area contributed by atoms with E-state index in [2.05, 4.69) is 36.9 Å². The maximum Gasteiger partial charge on any atom is 0.321 e. The molecule has 3 N–H and O–H groups in total. The van der Waals surface area contributed by atoms with Crippen molar-refractivity contribution < 1.29 is 4.79 Å². The number of hydrogen-bond donors (Lipinski definition) is 3. The van der Waals surface area contributed by atoms with Gasteiger partial charge < -0.3 is 10.6 Å². The summed E-state index contributed by atoms with van der Waals surface area (Å²) in [6, 6.07) is 11.7. The molecule has 0 saturated heterocycles. The van der Waals surface area contributed by atoms with Crippen LogP contribution in [0.2, 0.25) is 0 Å². The van der Waals surface area contributed by atoms with Crippen molar-refractivity contribution in [2.45, 2.75) is 6.92 Å². The minimum Gasteiger partial charge on any atom is -0.338 e. The third-order valence-electron chi connectivity index (χ3n) is 3.57. The molecule has 0 spiro atoms. The zero-order chi connectivity index (χ0) is 18.1. The van der Waals surface area contributed by atoms with Crippen LogP contribution in [-0.4, -0.2) is 22.5 Å². The number of urea groups is 1. The molecule has 0 bridgehead atoms. The maximum atomic E-state index is 11.7. The van der Waals surface area contributed by atoms with Gasteiger partial charge in [0, 0.05) is 16.7 Å². The Kier molecular flexibility index (Phi) is 4.75. The molecular formula is C17H14BrN5OS2. The Balaban J connectivity index is 1.66. The average Bonchev–Trinajstić information content (AvgIpc) is 3.19. The van der Waals surface area contributed by atoms with Crippen LogP contribution in [0.1, 0.15) is 6.92 Å². The van der Waals surface area contributed by atoms with Gasteiger partial charge in [-0.3, -0.25) is 5.32 Å². The van der Waals surface area contributed by atoms with Gasteiger partial charge in [0.05, 0.1) is 14.9 Å². The van der Waals surface area contributed by atoms with E-state index in [1.807, 2.05) is 43.3 Å². The largest absolute Gasteiger partial charge is 0.338 e. The number of fused-ring (bicyclic) bond motifs is 3. The SMILES string of the molecule is CCNC(=O)Nc1nc2ccc3sc(Nc4ccc(Br)cc4)nc3c2s1. The molecule has 132 valence electrons. The number of hydrogen-bond acceptors (Lipinski definition) is 6. The predicted octanol–water partition coefficient (Wildman–Crippen LogP) is 5.55. The Bertz CT molecular complexity index is 1090. The van der Waals surface area contributed by atoms with Crippen LogP contribution >= 0.6 is 38.6 Å². The van der Waals surface area contributed by atoms with Crippen molar-refractivity contribution in [3.8, 4) is 0 Å². The van der Waals surface area contributed by atoms with Gasteiger partial charge in [0.1, 0.15) is 5.52 Å². The number of thiazole rings is 2. The molecule has 0 saturated carbocycles. The first-order valence-electron chi connectivity index (χ1n) is 7.90. The van der Waals surface area contributed by atoms with Crippen LogP contribution in [0.25, 0.3) is 20.4 Å². The van der Waals surface area contributed by atoms with E-state index in [0.29, 0.717) is 11.7 Å². The van der Waals surface area contributed by atoms with Gasteiger partial charge in [-0.25, -0.2) is 14.8 Å². The summed E-state index contributed by atoms with van der Waals surface area (Å²) in [5, 5.41) is 10.2. The lowest BCUT2D eigenvalue weighted by molar-refractivity contribution is 0.252. The average molecular weight is 448 g/mol. The predicted molar refractivity (Wildman–Crippen MR) is 113 cm³/mol. The zero-order valence-electron chi connectivity index (χ0n) is 13.7. The van der Waals surface area contributed by atoms with Crippen LogP contribution in [0, 0.1) is 0 Å². The number of nitrogens with one attached hydrogen (secondary N) is 3. The fourth-order valence-electron chi connectivity index (χ4n) is 2.44. The van der Waals surface area contributed by atoms with Crippen molar-refractivity contribution in [2.75, 3.05) is 17.2 Å². The molecule has 4 aromatic rings. The highest BCUT2D eigenvalue weighted by atomic mass is 79.9. The maximum absolute atomic E-state index is 11.7. The Morgan fingerprint density at radius 3 is 2.65 bits per heavy atom. The molecule has 9 heteroatoms. The first kappa shape index (κ1) is 17.2. The van der Waals surface area contributed by atoms with Crippen LogP contribution in [0.5, 0.6) is 0 Å². The molecule has 0 aliphatic carbocycles. The topological polar surface area (TPSA) is 78.9 Å². The standard InChI is InChI=1S/C17H14BrN5OS2/c1-2-19-15(24)23-17-21-11-7-8-12-13(14(11)26-17)22-16(25-12)20-10-5-3-9(18)4-6-10/h3-8H,2H2,1H3,(H,20,22)(H2,19,21,23,24). The summed E-state index contributed by atoms with van der Waals surface area (Å²) < 4.78 is 3.07. The van der Waals surface area contributed by atoms with E-state index >= 15 is 0 Å². The molecule has 0 aliphatic rings. The lowest BCUT2D eigenvalue weighted by atomic mass is 10.3. The summed E-state index contributed by atoms with van der Waals surface area (Å²) in [5.41, 5.74) is 2.70. The molecule has 0 unspecified atom stereocenters. The van der Waals surface area contributed by atoms with Gasteiger partial charge in [0.25, 0.3) is 0 Å². The third-order valence-corrected chi connectivity index (χ3v) is 6.03.